The lowest BCUT2D eigenvalue weighted by Crippen LogP contribution is -2.72. The minimum atomic E-state index is -0.242. The van der Waals surface area contributed by atoms with Crippen LogP contribution in [0.15, 0.2) is 0 Å². The van der Waals surface area contributed by atoms with Crippen LogP contribution in [0, 0.1) is 17.3 Å². The topological polar surface area (TPSA) is 61.8 Å². The van der Waals surface area contributed by atoms with Crippen molar-refractivity contribution in [2.24, 2.45) is 17.3 Å². The number of aliphatic hydroxyl groups is 1. The number of carbonyl (C=O) groups is 1. The number of carbonyl (C=O) groups excluding carboxylic acids is 1. The van der Waals surface area contributed by atoms with E-state index in [1.807, 2.05) is 7.05 Å². The summed E-state index contributed by atoms with van der Waals surface area (Å²) in [4.78, 5) is 14.4. The van der Waals surface area contributed by atoms with Gasteiger partial charge in [-0.15, -0.1) is 0 Å². The Kier molecular flexibility index (Phi) is 4.04. The van der Waals surface area contributed by atoms with Gasteiger partial charge in [0, 0.05) is 43.5 Å². The summed E-state index contributed by atoms with van der Waals surface area (Å²) in [5, 5.41) is 13.4. The van der Waals surface area contributed by atoms with Gasteiger partial charge in [-0.3, -0.25) is 0 Å². The molecule has 2 amide bonds. The smallest absolute Gasteiger partial charge is 0.317 e. The van der Waals surface area contributed by atoms with Crippen LogP contribution in [-0.4, -0.2) is 54.5 Å². The lowest BCUT2D eigenvalue weighted by Gasteiger charge is -2.63. The molecule has 130 valence electrons. The summed E-state index contributed by atoms with van der Waals surface area (Å²) in [6.45, 7) is 1.52. The highest BCUT2D eigenvalue weighted by molar-refractivity contribution is 5.74. The molecule has 4 aliphatic rings. The lowest BCUT2D eigenvalue weighted by molar-refractivity contribution is -0.172. The number of rotatable bonds is 3. The first-order chi connectivity index (χ1) is 11.1. The summed E-state index contributed by atoms with van der Waals surface area (Å²) >= 11 is 0. The van der Waals surface area contributed by atoms with E-state index in [-0.39, 0.29) is 23.5 Å². The molecule has 4 rings (SSSR count). The van der Waals surface area contributed by atoms with Gasteiger partial charge < -0.3 is 20.1 Å². The van der Waals surface area contributed by atoms with Crippen molar-refractivity contribution in [3.8, 4) is 0 Å². The maximum absolute atomic E-state index is 12.6. The maximum Gasteiger partial charge on any atom is 0.317 e. The van der Waals surface area contributed by atoms with Crippen molar-refractivity contribution in [2.45, 2.75) is 69.6 Å². The SMILES string of the molecule is CN(CC1CCCCC1O)C(=O)NC1C2CCOC2C12CCC2. The zero-order chi connectivity index (χ0) is 16.0. The van der Waals surface area contributed by atoms with E-state index in [0.717, 1.165) is 32.3 Å². The zero-order valence-corrected chi connectivity index (χ0v) is 14.2. The van der Waals surface area contributed by atoms with Gasteiger partial charge in [0.15, 0.2) is 0 Å². The molecule has 5 atom stereocenters. The van der Waals surface area contributed by atoms with E-state index in [2.05, 4.69) is 5.32 Å². The van der Waals surface area contributed by atoms with E-state index in [9.17, 15) is 9.90 Å². The molecular formula is C18H30N2O3. The number of amides is 2. The molecule has 1 heterocycles. The van der Waals surface area contributed by atoms with Crippen LogP contribution >= 0.6 is 0 Å². The van der Waals surface area contributed by atoms with Crippen LogP contribution in [0.25, 0.3) is 0 Å². The molecule has 0 radical (unpaired) electrons. The third-order valence-electron chi connectivity index (χ3n) is 7.04. The molecule has 5 unspecified atom stereocenters. The number of nitrogens with zero attached hydrogens (tertiary/aromatic N) is 1. The number of ether oxygens (including phenoxy) is 1. The summed E-state index contributed by atoms with van der Waals surface area (Å²) in [7, 11) is 1.87. The van der Waals surface area contributed by atoms with Crippen molar-refractivity contribution < 1.29 is 14.6 Å². The van der Waals surface area contributed by atoms with E-state index in [0.29, 0.717) is 24.6 Å². The van der Waals surface area contributed by atoms with Gasteiger partial charge in [0.2, 0.25) is 0 Å². The normalized spacial score (nSPS) is 40.9. The molecule has 2 N–H and O–H groups in total. The largest absolute Gasteiger partial charge is 0.393 e. The van der Waals surface area contributed by atoms with Crippen LogP contribution in [0.5, 0.6) is 0 Å². The molecule has 0 aromatic carbocycles. The van der Waals surface area contributed by atoms with Crippen molar-refractivity contribution in [3.05, 3.63) is 0 Å². The van der Waals surface area contributed by atoms with Crippen LogP contribution in [0.4, 0.5) is 4.79 Å². The fourth-order valence-corrected chi connectivity index (χ4v) is 5.53. The van der Waals surface area contributed by atoms with Gasteiger partial charge in [-0.1, -0.05) is 19.3 Å². The quantitative estimate of drug-likeness (QED) is 0.837. The summed E-state index contributed by atoms with van der Waals surface area (Å²) in [6.07, 6.45) is 9.10. The highest BCUT2D eigenvalue weighted by Gasteiger charge is 2.67. The summed E-state index contributed by atoms with van der Waals surface area (Å²) in [6, 6.07) is 0.333. The summed E-state index contributed by atoms with van der Waals surface area (Å²) < 4.78 is 5.92. The van der Waals surface area contributed by atoms with Crippen LogP contribution in [0.1, 0.15) is 51.4 Å². The second-order valence-corrected chi connectivity index (χ2v) is 8.25. The number of fused-ring (bicyclic) bond motifs is 2. The maximum atomic E-state index is 12.6. The predicted molar refractivity (Wildman–Crippen MR) is 87.0 cm³/mol. The predicted octanol–water partition coefficient (Wildman–Crippen LogP) is 2.14. The Morgan fingerprint density at radius 2 is 2.04 bits per heavy atom. The molecule has 1 saturated heterocycles. The molecule has 3 aliphatic carbocycles. The minimum absolute atomic E-state index is 0.0319. The van der Waals surface area contributed by atoms with Crippen LogP contribution in [-0.2, 0) is 4.74 Å². The molecular weight excluding hydrogens is 292 g/mol. The van der Waals surface area contributed by atoms with Crippen molar-refractivity contribution in [3.63, 3.8) is 0 Å². The van der Waals surface area contributed by atoms with Crippen molar-refractivity contribution in [1.29, 1.82) is 0 Å². The van der Waals surface area contributed by atoms with Crippen LogP contribution in [0.2, 0.25) is 0 Å². The Hall–Kier alpha value is -0.810. The first-order valence-electron chi connectivity index (χ1n) is 9.43. The molecule has 0 bridgehead atoms. The van der Waals surface area contributed by atoms with Gasteiger partial charge in [0.05, 0.1) is 12.2 Å². The molecule has 3 saturated carbocycles. The van der Waals surface area contributed by atoms with E-state index in [1.54, 1.807) is 4.90 Å². The molecule has 5 heteroatoms. The van der Waals surface area contributed by atoms with Crippen molar-refractivity contribution in [2.75, 3.05) is 20.2 Å². The van der Waals surface area contributed by atoms with Gasteiger partial charge >= 0.3 is 6.03 Å². The Morgan fingerprint density at radius 3 is 2.74 bits per heavy atom. The Balaban J connectivity index is 1.34. The molecule has 1 aliphatic heterocycles. The number of aliphatic hydroxyl groups excluding tert-OH is 1. The van der Waals surface area contributed by atoms with E-state index in [4.69, 9.17) is 4.74 Å². The lowest BCUT2D eigenvalue weighted by atomic mass is 9.46. The van der Waals surface area contributed by atoms with Gasteiger partial charge in [-0.25, -0.2) is 4.79 Å². The van der Waals surface area contributed by atoms with Gasteiger partial charge in [-0.05, 0) is 32.1 Å². The first-order valence-corrected chi connectivity index (χ1v) is 9.43. The van der Waals surface area contributed by atoms with Crippen LogP contribution in [0.3, 0.4) is 0 Å². The number of urea groups is 1. The van der Waals surface area contributed by atoms with Crippen molar-refractivity contribution in [1.82, 2.24) is 10.2 Å². The molecule has 4 fully saturated rings. The first kappa shape index (κ1) is 15.7. The summed E-state index contributed by atoms with van der Waals surface area (Å²) in [5.41, 5.74) is 0.238. The third kappa shape index (κ3) is 2.47. The van der Waals surface area contributed by atoms with E-state index >= 15 is 0 Å². The van der Waals surface area contributed by atoms with Crippen molar-refractivity contribution >= 4 is 6.03 Å². The fraction of sp³-hybridized carbons (Fsp3) is 0.944. The third-order valence-corrected chi connectivity index (χ3v) is 7.04. The Labute approximate surface area is 138 Å². The monoisotopic (exact) mass is 322 g/mol. The Bertz CT molecular complexity index is 465. The highest BCUT2D eigenvalue weighted by Crippen LogP contribution is 2.62. The molecule has 23 heavy (non-hydrogen) atoms. The highest BCUT2D eigenvalue weighted by atomic mass is 16.5. The molecule has 0 aromatic heterocycles. The molecule has 0 aromatic rings. The van der Waals surface area contributed by atoms with E-state index in [1.165, 1.54) is 25.7 Å². The molecule has 5 nitrogen and oxygen atoms in total. The average Bonchev–Trinajstić information content (AvgIpc) is 2.90. The zero-order valence-electron chi connectivity index (χ0n) is 14.2. The molecule has 1 spiro atoms. The average molecular weight is 322 g/mol. The Morgan fingerprint density at radius 1 is 1.26 bits per heavy atom. The second kappa shape index (κ2) is 5.92. The van der Waals surface area contributed by atoms with E-state index < -0.39 is 0 Å². The fourth-order valence-electron chi connectivity index (χ4n) is 5.53. The number of hydrogen-bond acceptors (Lipinski definition) is 3. The minimum Gasteiger partial charge on any atom is -0.393 e. The number of hydrogen-bond donors (Lipinski definition) is 2. The van der Waals surface area contributed by atoms with Gasteiger partial charge in [0.25, 0.3) is 0 Å². The van der Waals surface area contributed by atoms with Crippen LogP contribution < -0.4 is 5.32 Å². The second-order valence-electron chi connectivity index (χ2n) is 8.25. The standard InChI is InChI=1S/C18H30N2O3/c1-20(11-12-5-2-3-6-14(12)21)17(22)19-15-13-7-10-23-16(13)18(15)8-4-9-18/h12-16,21H,2-11H2,1H3,(H,19,22). The van der Waals surface area contributed by atoms with Gasteiger partial charge in [0.1, 0.15) is 0 Å². The van der Waals surface area contributed by atoms with Gasteiger partial charge in [-0.2, -0.15) is 0 Å². The number of nitrogens with one attached hydrogen (secondary N) is 1. The summed E-state index contributed by atoms with van der Waals surface area (Å²) in [5.74, 6) is 0.758.